The molecule has 3 rings (SSSR count). The fourth-order valence-corrected chi connectivity index (χ4v) is 2.92. The fourth-order valence-electron chi connectivity index (χ4n) is 2.70. The molecular formula is C20H20ClN3O. The number of imidazole rings is 1. The maximum Gasteiger partial charge on any atom is 0.251 e. The van der Waals surface area contributed by atoms with Crippen molar-refractivity contribution in [3.8, 4) is 0 Å². The Morgan fingerprint density at radius 1 is 1.20 bits per heavy atom. The predicted molar refractivity (Wildman–Crippen MR) is 99.9 cm³/mol. The molecule has 0 spiro atoms. The summed E-state index contributed by atoms with van der Waals surface area (Å²) >= 11 is 6.18. The highest BCUT2D eigenvalue weighted by Crippen LogP contribution is 2.16. The number of aromatic nitrogens is 2. The fraction of sp³-hybridized carbons (Fsp3) is 0.200. The van der Waals surface area contributed by atoms with Crippen molar-refractivity contribution in [1.29, 1.82) is 0 Å². The van der Waals surface area contributed by atoms with Crippen LogP contribution in [0.25, 0.3) is 0 Å². The van der Waals surface area contributed by atoms with Gasteiger partial charge in [-0.3, -0.25) is 4.79 Å². The maximum atomic E-state index is 12.4. The predicted octanol–water partition coefficient (Wildman–Crippen LogP) is 3.95. The van der Waals surface area contributed by atoms with Gasteiger partial charge in [0.05, 0.1) is 6.33 Å². The second kappa shape index (κ2) is 7.99. The summed E-state index contributed by atoms with van der Waals surface area (Å²) in [5.74, 6) is -0.0752. The van der Waals surface area contributed by atoms with E-state index in [0.717, 1.165) is 22.7 Å². The number of nitrogens with zero attached hydrogens (tertiary/aromatic N) is 2. The van der Waals surface area contributed by atoms with Gasteiger partial charge in [0.1, 0.15) is 0 Å². The SMILES string of the molecule is C[C@@H](Cc1ccccc1Cl)NC(=O)c1ccc(Cn2ccnc2)cc1. The summed E-state index contributed by atoms with van der Waals surface area (Å²) in [5, 5.41) is 3.75. The second-order valence-corrected chi connectivity index (χ2v) is 6.51. The summed E-state index contributed by atoms with van der Waals surface area (Å²) in [5.41, 5.74) is 2.81. The molecule has 0 aliphatic carbocycles. The molecule has 4 nitrogen and oxygen atoms in total. The molecule has 0 unspecified atom stereocenters. The lowest BCUT2D eigenvalue weighted by Crippen LogP contribution is -2.34. The maximum absolute atomic E-state index is 12.4. The van der Waals surface area contributed by atoms with Crippen LogP contribution in [0, 0.1) is 0 Å². The lowest BCUT2D eigenvalue weighted by molar-refractivity contribution is 0.0940. The van der Waals surface area contributed by atoms with Gasteiger partial charge in [0.15, 0.2) is 0 Å². The van der Waals surface area contributed by atoms with Crippen LogP contribution in [0.15, 0.2) is 67.3 Å². The molecule has 2 aromatic carbocycles. The molecule has 25 heavy (non-hydrogen) atoms. The third-order valence-corrected chi connectivity index (χ3v) is 4.37. The topological polar surface area (TPSA) is 46.9 Å². The molecule has 1 aromatic heterocycles. The molecule has 0 saturated heterocycles. The highest BCUT2D eigenvalue weighted by atomic mass is 35.5. The van der Waals surface area contributed by atoms with E-state index in [9.17, 15) is 4.79 Å². The normalized spacial score (nSPS) is 11.9. The molecule has 1 amide bonds. The number of hydrogen-bond acceptors (Lipinski definition) is 2. The summed E-state index contributed by atoms with van der Waals surface area (Å²) in [6.45, 7) is 2.72. The largest absolute Gasteiger partial charge is 0.349 e. The molecule has 0 aliphatic heterocycles. The molecule has 5 heteroatoms. The molecule has 1 heterocycles. The van der Waals surface area contributed by atoms with Crippen molar-refractivity contribution < 1.29 is 4.79 Å². The number of halogens is 1. The Morgan fingerprint density at radius 3 is 2.64 bits per heavy atom. The Bertz CT molecular complexity index is 828. The van der Waals surface area contributed by atoms with E-state index < -0.39 is 0 Å². The van der Waals surface area contributed by atoms with Gasteiger partial charge < -0.3 is 9.88 Å². The Hall–Kier alpha value is -2.59. The van der Waals surface area contributed by atoms with Crippen molar-refractivity contribution >= 4 is 17.5 Å². The molecular weight excluding hydrogens is 334 g/mol. The third-order valence-electron chi connectivity index (χ3n) is 4.00. The second-order valence-electron chi connectivity index (χ2n) is 6.10. The average Bonchev–Trinajstić information content (AvgIpc) is 3.10. The van der Waals surface area contributed by atoms with Crippen LogP contribution in [-0.2, 0) is 13.0 Å². The quantitative estimate of drug-likeness (QED) is 0.729. The van der Waals surface area contributed by atoms with Crippen molar-refractivity contribution in [3.63, 3.8) is 0 Å². The van der Waals surface area contributed by atoms with Crippen molar-refractivity contribution in [2.24, 2.45) is 0 Å². The monoisotopic (exact) mass is 353 g/mol. The van der Waals surface area contributed by atoms with Crippen LogP contribution in [0.5, 0.6) is 0 Å². The number of carbonyl (C=O) groups is 1. The van der Waals surface area contributed by atoms with E-state index in [2.05, 4.69) is 10.3 Å². The first-order valence-corrected chi connectivity index (χ1v) is 8.58. The number of hydrogen-bond donors (Lipinski definition) is 1. The third kappa shape index (κ3) is 4.70. The van der Waals surface area contributed by atoms with Crippen molar-refractivity contribution in [2.75, 3.05) is 0 Å². The van der Waals surface area contributed by atoms with Gasteiger partial charge in [-0.25, -0.2) is 4.98 Å². The van der Waals surface area contributed by atoms with Crippen molar-refractivity contribution in [3.05, 3.63) is 89.0 Å². The van der Waals surface area contributed by atoms with Crippen LogP contribution < -0.4 is 5.32 Å². The summed E-state index contributed by atoms with van der Waals surface area (Å²) in [7, 11) is 0. The van der Waals surface area contributed by atoms with Crippen LogP contribution in [-0.4, -0.2) is 21.5 Å². The Kier molecular flexibility index (Phi) is 5.51. The van der Waals surface area contributed by atoms with Gasteiger partial charge >= 0.3 is 0 Å². The minimum Gasteiger partial charge on any atom is -0.349 e. The zero-order valence-corrected chi connectivity index (χ0v) is 14.8. The molecule has 128 valence electrons. The zero-order chi connectivity index (χ0) is 17.6. The number of rotatable bonds is 6. The zero-order valence-electron chi connectivity index (χ0n) is 14.0. The molecule has 1 atom stereocenters. The van der Waals surface area contributed by atoms with E-state index in [4.69, 9.17) is 11.6 Å². The first-order valence-electron chi connectivity index (χ1n) is 8.21. The molecule has 0 saturated carbocycles. The van der Waals surface area contributed by atoms with Gasteiger partial charge in [0.2, 0.25) is 0 Å². The molecule has 0 radical (unpaired) electrons. The van der Waals surface area contributed by atoms with Crippen LogP contribution >= 0.6 is 11.6 Å². The van der Waals surface area contributed by atoms with E-state index in [1.807, 2.05) is 66.2 Å². The van der Waals surface area contributed by atoms with E-state index in [-0.39, 0.29) is 11.9 Å². The highest BCUT2D eigenvalue weighted by Gasteiger charge is 2.11. The standard InChI is InChI=1S/C20H20ClN3O/c1-15(12-18-4-2-3-5-19(18)21)23-20(25)17-8-6-16(7-9-17)13-24-11-10-22-14-24/h2-11,14-15H,12-13H2,1H3,(H,23,25)/t15-/m0/s1. The lowest BCUT2D eigenvalue weighted by atomic mass is 10.1. The van der Waals surface area contributed by atoms with Crippen molar-refractivity contribution in [1.82, 2.24) is 14.9 Å². The van der Waals surface area contributed by atoms with Gasteiger partial charge in [-0.15, -0.1) is 0 Å². The molecule has 1 N–H and O–H groups in total. The first kappa shape index (κ1) is 17.2. The minimum absolute atomic E-state index is 0.00183. The van der Waals surface area contributed by atoms with Gasteiger partial charge in [-0.05, 0) is 42.7 Å². The van der Waals surface area contributed by atoms with E-state index in [0.29, 0.717) is 12.0 Å². The summed E-state index contributed by atoms with van der Waals surface area (Å²) in [6, 6.07) is 15.3. The Morgan fingerprint density at radius 2 is 1.96 bits per heavy atom. The summed E-state index contributed by atoms with van der Waals surface area (Å²) < 4.78 is 1.99. The smallest absolute Gasteiger partial charge is 0.251 e. The van der Waals surface area contributed by atoms with Gasteiger partial charge in [-0.2, -0.15) is 0 Å². The average molecular weight is 354 g/mol. The summed E-state index contributed by atoms with van der Waals surface area (Å²) in [6.07, 6.45) is 6.14. The Balaban J connectivity index is 1.58. The molecule has 0 aliphatic rings. The van der Waals surface area contributed by atoms with Crippen LogP contribution in [0.4, 0.5) is 0 Å². The van der Waals surface area contributed by atoms with Gasteiger partial charge in [-0.1, -0.05) is 41.9 Å². The number of benzene rings is 2. The van der Waals surface area contributed by atoms with Crippen LogP contribution in [0.3, 0.4) is 0 Å². The van der Waals surface area contributed by atoms with E-state index in [1.54, 1.807) is 12.5 Å². The molecule has 0 bridgehead atoms. The molecule has 3 aromatic rings. The van der Waals surface area contributed by atoms with Crippen molar-refractivity contribution in [2.45, 2.75) is 25.9 Å². The number of nitrogens with one attached hydrogen (secondary N) is 1. The molecule has 0 fully saturated rings. The first-order chi connectivity index (χ1) is 12.1. The lowest BCUT2D eigenvalue weighted by Gasteiger charge is -2.15. The van der Waals surface area contributed by atoms with Crippen LogP contribution in [0.1, 0.15) is 28.4 Å². The highest BCUT2D eigenvalue weighted by molar-refractivity contribution is 6.31. The Labute approximate surface area is 152 Å². The summed E-state index contributed by atoms with van der Waals surface area (Å²) in [4.78, 5) is 16.4. The van der Waals surface area contributed by atoms with Gasteiger partial charge in [0, 0.05) is 35.6 Å². The van der Waals surface area contributed by atoms with E-state index >= 15 is 0 Å². The van der Waals surface area contributed by atoms with Gasteiger partial charge in [0.25, 0.3) is 5.91 Å². The number of carbonyl (C=O) groups excluding carboxylic acids is 1. The minimum atomic E-state index is -0.0752. The number of amides is 1. The van der Waals surface area contributed by atoms with Crippen LogP contribution in [0.2, 0.25) is 5.02 Å². The van der Waals surface area contributed by atoms with E-state index in [1.165, 1.54) is 0 Å².